The molecule has 0 bridgehead atoms. The third-order valence-corrected chi connectivity index (χ3v) is 4.66. The predicted molar refractivity (Wildman–Crippen MR) is 106 cm³/mol. The molecule has 0 fully saturated rings. The number of ketones is 1. The van der Waals surface area contributed by atoms with E-state index in [0.29, 0.717) is 6.54 Å². The van der Waals surface area contributed by atoms with Crippen LogP contribution in [-0.2, 0) is 24.4 Å². The minimum absolute atomic E-state index is 0. The number of carbonyl (C=O) groups excluding carboxylic acids is 2. The van der Waals surface area contributed by atoms with Gasteiger partial charge in [0.2, 0.25) is 5.91 Å². The Labute approximate surface area is 160 Å². The Kier molecular flexibility index (Phi) is 6.95. The maximum atomic E-state index is 12.3. The van der Waals surface area contributed by atoms with Gasteiger partial charge in [-0.15, -0.1) is 12.4 Å². The van der Waals surface area contributed by atoms with E-state index >= 15 is 0 Å². The molecule has 26 heavy (non-hydrogen) atoms. The molecule has 0 radical (unpaired) electrons. The van der Waals surface area contributed by atoms with Crippen LogP contribution >= 0.6 is 12.4 Å². The number of fused-ring (bicyclic) bond motifs is 1. The van der Waals surface area contributed by atoms with Gasteiger partial charge in [-0.2, -0.15) is 0 Å². The molecule has 0 unspecified atom stereocenters. The summed E-state index contributed by atoms with van der Waals surface area (Å²) in [5.41, 5.74) is 6.47. The topological polar surface area (TPSA) is 58.2 Å². The second-order valence-corrected chi connectivity index (χ2v) is 6.72. The van der Waals surface area contributed by atoms with Crippen LogP contribution in [0.3, 0.4) is 0 Å². The van der Waals surface area contributed by atoms with Crippen molar-refractivity contribution in [1.82, 2.24) is 10.6 Å². The van der Waals surface area contributed by atoms with Crippen LogP contribution in [0, 0.1) is 13.8 Å². The number of halogens is 1. The highest BCUT2D eigenvalue weighted by molar-refractivity contribution is 5.99. The zero-order valence-corrected chi connectivity index (χ0v) is 16.0. The summed E-state index contributed by atoms with van der Waals surface area (Å²) >= 11 is 0. The number of amides is 1. The van der Waals surface area contributed by atoms with Gasteiger partial charge in [-0.1, -0.05) is 35.9 Å². The third-order valence-electron chi connectivity index (χ3n) is 4.66. The van der Waals surface area contributed by atoms with Crippen molar-refractivity contribution in [1.29, 1.82) is 0 Å². The number of nitrogens with one attached hydrogen (secondary N) is 2. The van der Waals surface area contributed by atoms with Gasteiger partial charge in [-0.05, 0) is 42.2 Å². The van der Waals surface area contributed by atoms with Crippen molar-refractivity contribution in [3.05, 3.63) is 69.8 Å². The number of Topliss-reactive ketones (excluding diaryl/α,β-unsaturated/α-hetero) is 1. The zero-order chi connectivity index (χ0) is 17.8. The van der Waals surface area contributed by atoms with Crippen LogP contribution in [-0.4, -0.2) is 11.7 Å². The maximum Gasteiger partial charge on any atom is 0.220 e. The first kappa shape index (κ1) is 20.1. The van der Waals surface area contributed by atoms with Crippen LogP contribution in [0.25, 0.3) is 0 Å². The van der Waals surface area contributed by atoms with Crippen LogP contribution in [0.5, 0.6) is 0 Å². The number of rotatable bonds is 6. The Morgan fingerprint density at radius 3 is 2.58 bits per heavy atom. The van der Waals surface area contributed by atoms with Crippen molar-refractivity contribution >= 4 is 24.1 Å². The second kappa shape index (κ2) is 8.97. The highest BCUT2D eigenvalue weighted by Gasteiger charge is 2.13. The van der Waals surface area contributed by atoms with Gasteiger partial charge >= 0.3 is 0 Å². The zero-order valence-electron chi connectivity index (χ0n) is 15.2. The smallest absolute Gasteiger partial charge is 0.220 e. The number of hydrogen-bond donors (Lipinski definition) is 2. The van der Waals surface area contributed by atoms with Gasteiger partial charge in [0.1, 0.15) is 0 Å². The summed E-state index contributed by atoms with van der Waals surface area (Å²) in [5, 5.41) is 6.22. The molecular formula is C21H25ClN2O2. The quantitative estimate of drug-likeness (QED) is 0.761. The molecule has 0 aromatic heterocycles. The number of hydrogen-bond acceptors (Lipinski definition) is 3. The van der Waals surface area contributed by atoms with Gasteiger partial charge in [0.25, 0.3) is 0 Å². The fourth-order valence-electron chi connectivity index (χ4n) is 3.15. The molecule has 1 heterocycles. The van der Waals surface area contributed by atoms with Gasteiger partial charge in [0.05, 0.1) is 0 Å². The van der Waals surface area contributed by atoms with E-state index < -0.39 is 0 Å². The van der Waals surface area contributed by atoms with E-state index in [0.717, 1.165) is 35.3 Å². The molecule has 1 aliphatic heterocycles. The van der Waals surface area contributed by atoms with E-state index in [1.54, 1.807) is 0 Å². The highest BCUT2D eigenvalue weighted by atomic mass is 35.5. The van der Waals surface area contributed by atoms with Gasteiger partial charge in [-0.3, -0.25) is 9.59 Å². The Balaban J connectivity index is 0.00000243. The summed E-state index contributed by atoms with van der Waals surface area (Å²) in [6.45, 7) is 6.21. The van der Waals surface area contributed by atoms with E-state index in [4.69, 9.17) is 0 Å². The maximum absolute atomic E-state index is 12.3. The summed E-state index contributed by atoms with van der Waals surface area (Å²) < 4.78 is 0. The Bertz CT molecular complexity index is 818. The Morgan fingerprint density at radius 2 is 1.77 bits per heavy atom. The highest BCUT2D eigenvalue weighted by Crippen LogP contribution is 2.17. The molecule has 0 saturated carbocycles. The molecular weight excluding hydrogens is 348 g/mol. The van der Waals surface area contributed by atoms with E-state index in [9.17, 15) is 9.59 Å². The molecule has 4 nitrogen and oxygen atoms in total. The Morgan fingerprint density at radius 1 is 1.00 bits per heavy atom. The lowest BCUT2D eigenvalue weighted by atomic mass is 9.99. The van der Waals surface area contributed by atoms with Crippen LogP contribution in [0.15, 0.2) is 36.4 Å². The fraction of sp³-hybridized carbons (Fsp3) is 0.333. The van der Waals surface area contributed by atoms with E-state index in [2.05, 4.69) is 22.8 Å². The van der Waals surface area contributed by atoms with Crippen LogP contribution in [0.2, 0.25) is 0 Å². The molecule has 3 rings (SSSR count). The van der Waals surface area contributed by atoms with Crippen LogP contribution in [0.4, 0.5) is 0 Å². The molecule has 0 spiro atoms. The van der Waals surface area contributed by atoms with E-state index in [1.165, 1.54) is 11.1 Å². The van der Waals surface area contributed by atoms with Crippen molar-refractivity contribution in [2.24, 2.45) is 0 Å². The summed E-state index contributed by atoms with van der Waals surface area (Å²) in [6, 6.07) is 12.1. The normalized spacial score (nSPS) is 12.2. The Hall–Kier alpha value is -2.17. The van der Waals surface area contributed by atoms with Crippen molar-refractivity contribution in [3.8, 4) is 0 Å². The van der Waals surface area contributed by atoms with E-state index in [-0.39, 0.29) is 36.9 Å². The third kappa shape index (κ3) is 4.93. The van der Waals surface area contributed by atoms with Crippen molar-refractivity contribution in [2.75, 3.05) is 0 Å². The first-order valence-corrected chi connectivity index (χ1v) is 8.71. The molecule has 1 aliphatic rings. The first-order valence-electron chi connectivity index (χ1n) is 8.71. The molecule has 0 saturated heterocycles. The van der Waals surface area contributed by atoms with Crippen molar-refractivity contribution < 1.29 is 9.59 Å². The average molecular weight is 373 g/mol. The SMILES string of the molecule is Cc1ccc(C)c(C(=O)CCC(=O)NCc2ccc3c(c2)CNC3)c1.Cl. The monoisotopic (exact) mass is 372 g/mol. The number of benzene rings is 2. The van der Waals surface area contributed by atoms with Gasteiger partial charge in [0, 0.05) is 38.0 Å². The standard InChI is InChI=1S/C21H24N2O2.ClH/c1-14-3-4-15(2)19(9-14)20(24)7-8-21(25)23-11-16-5-6-17-12-22-13-18(17)10-16;/h3-6,9-10,22H,7-8,11-13H2,1-2H3,(H,23,25);1H. The lowest BCUT2D eigenvalue weighted by molar-refractivity contribution is -0.121. The molecule has 0 aliphatic carbocycles. The molecule has 138 valence electrons. The number of aryl methyl sites for hydroxylation is 2. The summed E-state index contributed by atoms with van der Waals surface area (Å²) in [5.74, 6) is -0.0581. The first-order chi connectivity index (χ1) is 12.0. The van der Waals surface area contributed by atoms with E-state index in [1.807, 2.05) is 38.1 Å². The second-order valence-electron chi connectivity index (χ2n) is 6.72. The van der Waals surface area contributed by atoms with Crippen molar-refractivity contribution in [3.63, 3.8) is 0 Å². The summed E-state index contributed by atoms with van der Waals surface area (Å²) in [4.78, 5) is 24.4. The lowest BCUT2D eigenvalue weighted by Gasteiger charge is -2.08. The molecule has 1 amide bonds. The van der Waals surface area contributed by atoms with Gasteiger partial charge in [-0.25, -0.2) is 0 Å². The average Bonchev–Trinajstić information content (AvgIpc) is 3.07. The van der Waals surface area contributed by atoms with Crippen LogP contribution < -0.4 is 10.6 Å². The van der Waals surface area contributed by atoms with Gasteiger partial charge < -0.3 is 10.6 Å². The number of carbonyl (C=O) groups is 2. The summed E-state index contributed by atoms with van der Waals surface area (Å²) in [6.07, 6.45) is 0.461. The molecule has 5 heteroatoms. The largest absolute Gasteiger partial charge is 0.352 e. The molecule has 2 aromatic rings. The molecule has 2 aromatic carbocycles. The van der Waals surface area contributed by atoms with Gasteiger partial charge in [0.15, 0.2) is 5.78 Å². The predicted octanol–water partition coefficient (Wildman–Crippen LogP) is 3.61. The van der Waals surface area contributed by atoms with Crippen LogP contribution in [0.1, 0.15) is 51.0 Å². The lowest BCUT2D eigenvalue weighted by Crippen LogP contribution is -2.23. The summed E-state index contributed by atoms with van der Waals surface area (Å²) in [7, 11) is 0. The fourth-order valence-corrected chi connectivity index (χ4v) is 3.15. The minimum atomic E-state index is -0.0859. The molecule has 0 atom stereocenters. The minimum Gasteiger partial charge on any atom is -0.352 e. The molecule has 2 N–H and O–H groups in total. The van der Waals surface area contributed by atoms with Crippen molar-refractivity contribution in [2.45, 2.75) is 46.3 Å².